The molecule has 0 radical (unpaired) electrons. The van der Waals surface area contributed by atoms with Crippen molar-refractivity contribution in [2.45, 2.75) is 65.2 Å². The van der Waals surface area contributed by atoms with Crippen molar-refractivity contribution in [3.63, 3.8) is 0 Å². The van der Waals surface area contributed by atoms with Crippen molar-refractivity contribution in [1.29, 1.82) is 0 Å². The highest BCUT2D eigenvalue weighted by Gasteiger charge is 2.27. The fourth-order valence-electron chi connectivity index (χ4n) is 4.62. The van der Waals surface area contributed by atoms with Crippen molar-refractivity contribution in [3.05, 3.63) is 65.0 Å². The van der Waals surface area contributed by atoms with E-state index in [0.717, 1.165) is 37.7 Å². The van der Waals surface area contributed by atoms with E-state index in [1.165, 1.54) is 12.0 Å². The largest absolute Gasteiger partial charge is 0.462 e. The molecule has 0 aromatic heterocycles. The smallest absolute Gasteiger partial charge is 0.335 e. The molecule has 1 aliphatic rings. The maximum atomic E-state index is 15.1. The van der Waals surface area contributed by atoms with E-state index in [-0.39, 0.29) is 24.0 Å². The number of carbonyl (C=O) groups excluding carboxylic acids is 1. The summed E-state index contributed by atoms with van der Waals surface area (Å²) in [4.78, 5) is 11.8. The standard InChI is InChI=1S/C30H42F2O4/c1-5-6-7-8-23-9-13-26(14-10-23)28(31)29(32)27-16-15-25(21(2)17-27)12-11-24(19-35-4)20-36-30(34)22(3)18-33/h9-10,13-15,21,24,27,33H,3,5-8,11-12,16-20H2,1-2,4H3/b29-28+/t21-,24?,27?/m1/s1. The number of rotatable bonds is 15. The highest BCUT2D eigenvalue weighted by atomic mass is 19.2. The van der Waals surface area contributed by atoms with Gasteiger partial charge in [-0.3, -0.25) is 0 Å². The minimum absolute atomic E-state index is 0.00436. The predicted octanol–water partition coefficient (Wildman–Crippen LogP) is 7.13. The predicted molar refractivity (Wildman–Crippen MR) is 141 cm³/mol. The number of aliphatic hydroxyl groups is 1. The van der Waals surface area contributed by atoms with Crippen LogP contribution in [0.3, 0.4) is 0 Å². The van der Waals surface area contributed by atoms with Gasteiger partial charge in [-0.05, 0) is 50.0 Å². The van der Waals surface area contributed by atoms with Crippen LogP contribution in [0, 0.1) is 17.8 Å². The van der Waals surface area contributed by atoms with E-state index in [4.69, 9.17) is 14.6 Å². The number of carbonyl (C=O) groups is 1. The minimum Gasteiger partial charge on any atom is -0.462 e. The number of aryl methyl sites for hydroxylation is 1. The second kappa shape index (κ2) is 15.7. The van der Waals surface area contributed by atoms with Crippen LogP contribution in [0.2, 0.25) is 0 Å². The Morgan fingerprint density at radius 3 is 2.50 bits per heavy atom. The average Bonchev–Trinajstić information content (AvgIpc) is 2.89. The third-order valence-corrected chi connectivity index (χ3v) is 6.95. The summed E-state index contributed by atoms with van der Waals surface area (Å²) < 4.78 is 40.5. The lowest BCUT2D eigenvalue weighted by Gasteiger charge is -2.28. The Balaban J connectivity index is 1.95. The summed E-state index contributed by atoms with van der Waals surface area (Å²) >= 11 is 0. The molecule has 0 saturated heterocycles. The minimum atomic E-state index is -0.754. The van der Waals surface area contributed by atoms with Gasteiger partial charge in [-0.15, -0.1) is 0 Å². The van der Waals surface area contributed by atoms with Crippen LogP contribution in [0.1, 0.15) is 69.9 Å². The first-order valence-corrected chi connectivity index (χ1v) is 13.1. The van der Waals surface area contributed by atoms with Crippen molar-refractivity contribution in [2.75, 3.05) is 26.9 Å². The molecule has 3 atom stereocenters. The zero-order chi connectivity index (χ0) is 26.5. The molecule has 1 aromatic carbocycles. The average molecular weight is 505 g/mol. The molecule has 6 heteroatoms. The van der Waals surface area contributed by atoms with Crippen molar-refractivity contribution in [2.24, 2.45) is 17.8 Å². The van der Waals surface area contributed by atoms with E-state index in [0.29, 0.717) is 25.0 Å². The summed E-state index contributed by atoms with van der Waals surface area (Å²) in [6, 6.07) is 7.16. The van der Waals surface area contributed by atoms with Crippen molar-refractivity contribution in [1.82, 2.24) is 0 Å². The Kier molecular flexibility index (Phi) is 13.1. The number of esters is 1. The highest BCUT2D eigenvalue weighted by Crippen LogP contribution is 2.39. The molecule has 0 heterocycles. The number of aliphatic hydroxyl groups excluding tert-OH is 1. The first-order valence-electron chi connectivity index (χ1n) is 13.1. The monoisotopic (exact) mass is 504 g/mol. The van der Waals surface area contributed by atoms with Gasteiger partial charge in [-0.2, -0.15) is 0 Å². The fraction of sp³-hybridized carbons (Fsp3) is 0.567. The summed E-state index contributed by atoms with van der Waals surface area (Å²) in [5.74, 6) is -2.37. The lowest BCUT2D eigenvalue weighted by Crippen LogP contribution is -2.21. The van der Waals surface area contributed by atoms with Gasteiger partial charge < -0.3 is 14.6 Å². The lowest BCUT2D eigenvalue weighted by atomic mass is 9.79. The number of unbranched alkanes of at least 4 members (excludes halogenated alkanes) is 2. The first-order chi connectivity index (χ1) is 17.3. The summed E-state index contributed by atoms with van der Waals surface area (Å²) in [7, 11) is 1.60. The Morgan fingerprint density at radius 2 is 1.89 bits per heavy atom. The van der Waals surface area contributed by atoms with E-state index in [1.807, 2.05) is 25.1 Å². The third-order valence-electron chi connectivity index (χ3n) is 6.95. The maximum absolute atomic E-state index is 15.1. The molecular formula is C30H42F2O4. The molecule has 1 N–H and O–H groups in total. The number of allylic oxidation sites excluding steroid dienone is 3. The van der Waals surface area contributed by atoms with E-state index in [9.17, 15) is 9.18 Å². The molecule has 36 heavy (non-hydrogen) atoms. The first kappa shape index (κ1) is 29.9. The molecule has 200 valence electrons. The third kappa shape index (κ3) is 9.29. The molecule has 2 unspecified atom stereocenters. The highest BCUT2D eigenvalue weighted by molar-refractivity contribution is 5.87. The van der Waals surface area contributed by atoms with Gasteiger partial charge in [0.1, 0.15) is 5.83 Å². The number of hydrogen-bond acceptors (Lipinski definition) is 4. The van der Waals surface area contributed by atoms with Gasteiger partial charge in [-0.25, -0.2) is 13.6 Å². The molecule has 0 spiro atoms. The molecule has 0 aliphatic heterocycles. The Hall–Kier alpha value is -2.31. The molecule has 1 aromatic rings. The Morgan fingerprint density at radius 1 is 1.17 bits per heavy atom. The quantitative estimate of drug-likeness (QED) is 0.119. The normalized spacial score (nSPS) is 19.3. The summed E-state index contributed by atoms with van der Waals surface area (Å²) in [5, 5.41) is 9.00. The van der Waals surface area contributed by atoms with E-state index in [2.05, 4.69) is 13.5 Å². The van der Waals surface area contributed by atoms with Crippen molar-refractivity contribution in [3.8, 4) is 0 Å². The molecule has 0 fully saturated rings. The van der Waals surface area contributed by atoms with E-state index < -0.39 is 30.1 Å². The molecule has 1 aliphatic carbocycles. The summed E-state index contributed by atoms with van der Waals surface area (Å²) in [6.07, 6.45) is 8.96. The number of benzene rings is 1. The van der Waals surface area contributed by atoms with Gasteiger partial charge in [0.2, 0.25) is 0 Å². The maximum Gasteiger partial charge on any atom is 0.335 e. The molecule has 0 amide bonds. The van der Waals surface area contributed by atoms with E-state index in [1.54, 1.807) is 19.2 Å². The van der Waals surface area contributed by atoms with Crippen molar-refractivity contribution < 1.29 is 28.2 Å². The number of halogens is 2. The van der Waals surface area contributed by atoms with Crippen LogP contribution in [-0.2, 0) is 20.7 Å². The molecule has 0 bridgehead atoms. The van der Waals surface area contributed by atoms with Crippen LogP contribution in [0.25, 0.3) is 5.83 Å². The van der Waals surface area contributed by atoms with Gasteiger partial charge >= 0.3 is 5.97 Å². The van der Waals surface area contributed by atoms with Gasteiger partial charge in [-0.1, -0.05) is 69.2 Å². The zero-order valence-corrected chi connectivity index (χ0v) is 22.0. The fourth-order valence-corrected chi connectivity index (χ4v) is 4.62. The zero-order valence-electron chi connectivity index (χ0n) is 22.0. The van der Waals surface area contributed by atoms with Crippen LogP contribution in [-0.4, -0.2) is 38.0 Å². The second-order valence-electron chi connectivity index (χ2n) is 9.88. The number of methoxy groups -OCH3 is 1. The van der Waals surface area contributed by atoms with Gasteiger partial charge in [0.05, 0.1) is 25.4 Å². The Bertz CT molecular complexity index is 904. The van der Waals surface area contributed by atoms with Crippen molar-refractivity contribution >= 4 is 11.8 Å². The molecule has 4 nitrogen and oxygen atoms in total. The van der Waals surface area contributed by atoms with Gasteiger partial charge in [0.25, 0.3) is 0 Å². The number of ether oxygens (including phenoxy) is 2. The summed E-state index contributed by atoms with van der Waals surface area (Å²) in [6.45, 7) is 7.85. The Labute approximate surface area is 215 Å². The SMILES string of the molecule is C=C(CO)C(=O)OCC(CCC1=CCC(/C(F)=C(\F)c2ccc(CCCCC)cc2)C[C@H]1C)COC. The van der Waals surface area contributed by atoms with Gasteiger partial charge in [0.15, 0.2) is 5.83 Å². The molecule has 2 rings (SSSR count). The number of hydrogen-bond donors (Lipinski definition) is 1. The molecular weight excluding hydrogens is 462 g/mol. The van der Waals surface area contributed by atoms with E-state index >= 15 is 4.39 Å². The van der Waals surface area contributed by atoms with Crippen LogP contribution in [0.5, 0.6) is 0 Å². The topological polar surface area (TPSA) is 55.8 Å². The second-order valence-corrected chi connectivity index (χ2v) is 9.88. The lowest BCUT2D eigenvalue weighted by molar-refractivity contribution is -0.141. The molecule has 0 saturated carbocycles. The van der Waals surface area contributed by atoms with Crippen LogP contribution in [0.15, 0.2) is 53.9 Å². The van der Waals surface area contributed by atoms with Crippen LogP contribution >= 0.6 is 0 Å². The van der Waals surface area contributed by atoms with Crippen LogP contribution < -0.4 is 0 Å². The van der Waals surface area contributed by atoms with Crippen LogP contribution in [0.4, 0.5) is 8.78 Å². The summed E-state index contributed by atoms with van der Waals surface area (Å²) in [5.41, 5.74) is 2.68. The van der Waals surface area contributed by atoms with Gasteiger partial charge in [0, 0.05) is 24.5 Å².